The summed E-state index contributed by atoms with van der Waals surface area (Å²) in [5.74, 6) is 5.24. The second kappa shape index (κ2) is 13.9. The summed E-state index contributed by atoms with van der Waals surface area (Å²) in [4.78, 5) is 25.5. The minimum Gasteiger partial charge on any atom is -0.383 e. The summed E-state index contributed by atoms with van der Waals surface area (Å²) in [7, 11) is 1.99. The molecule has 1 fully saturated rings. The third-order valence-corrected chi connectivity index (χ3v) is 7.30. The standard InChI is InChI=1S/C32H32ClF3N6O/c1-21(30(37)39-19-23-5-9-26(33)10-6-23)4-7-24-16-29(38-18-22(24)2)31(43)40-27-11-8-25(28(17-27)32(34,35)36)20-42-14-12-41(3)13-15-42/h5,8-11,16-19H,1,6,12-15,20H2,2-3H3,(H2,37,39)(H,40,43)/b23-19-. The Labute approximate surface area is 254 Å². The topological polar surface area (TPSA) is 86.9 Å². The van der Waals surface area contributed by atoms with Crippen LogP contribution in [-0.2, 0) is 12.7 Å². The van der Waals surface area contributed by atoms with Gasteiger partial charge in [0.05, 0.1) is 11.1 Å². The highest BCUT2D eigenvalue weighted by Gasteiger charge is 2.34. The minimum atomic E-state index is -4.57. The van der Waals surface area contributed by atoms with Crippen molar-refractivity contribution >= 4 is 29.0 Å². The van der Waals surface area contributed by atoms with E-state index in [0.29, 0.717) is 35.7 Å². The number of allylic oxidation sites excluding steroid dienone is 5. The molecule has 1 aromatic carbocycles. The first-order valence-electron chi connectivity index (χ1n) is 13.6. The second-order valence-electron chi connectivity index (χ2n) is 10.4. The Hall–Kier alpha value is -4.17. The number of amides is 1. The van der Waals surface area contributed by atoms with Crippen molar-refractivity contribution in [3.63, 3.8) is 0 Å². The fraction of sp³-hybridized carbons (Fsp3) is 0.281. The van der Waals surface area contributed by atoms with E-state index in [4.69, 9.17) is 17.3 Å². The fourth-order valence-corrected chi connectivity index (χ4v) is 4.49. The van der Waals surface area contributed by atoms with Crippen molar-refractivity contribution in [2.75, 3.05) is 38.5 Å². The number of alkyl halides is 3. The van der Waals surface area contributed by atoms with Gasteiger partial charge in [0.25, 0.3) is 5.91 Å². The molecular weight excluding hydrogens is 577 g/mol. The number of halogens is 4. The summed E-state index contributed by atoms with van der Waals surface area (Å²) in [6.07, 6.45) is 4.59. The number of aromatic nitrogens is 1. The predicted molar refractivity (Wildman–Crippen MR) is 165 cm³/mol. The maximum atomic E-state index is 14.0. The lowest BCUT2D eigenvalue weighted by Crippen LogP contribution is -2.44. The van der Waals surface area contributed by atoms with Crippen LogP contribution in [0, 0.1) is 18.8 Å². The third kappa shape index (κ3) is 8.91. The summed E-state index contributed by atoms with van der Waals surface area (Å²) in [5.41, 5.74) is 7.80. The molecule has 224 valence electrons. The molecule has 2 heterocycles. The van der Waals surface area contributed by atoms with Crippen molar-refractivity contribution < 1.29 is 18.0 Å². The smallest absolute Gasteiger partial charge is 0.383 e. The fourth-order valence-electron chi connectivity index (χ4n) is 4.35. The molecule has 0 unspecified atom stereocenters. The van der Waals surface area contributed by atoms with E-state index < -0.39 is 17.6 Å². The number of carbonyl (C=O) groups excluding carboxylic acids is 1. The molecule has 2 aromatic rings. The highest BCUT2D eigenvalue weighted by molar-refractivity contribution is 6.31. The number of anilines is 1. The monoisotopic (exact) mass is 608 g/mol. The van der Waals surface area contributed by atoms with Crippen molar-refractivity contribution in [2.45, 2.75) is 26.1 Å². The number of aliphatic imine (C=N–C) groups is 1. The molecule has 0 saturated carbocycles. The molecule has 11 heteroatoms. The molecule has 2 aliphatic rings. The first kappa shape index (κ1) is 31.8. The second-order valence-corrected chi connectivity index (χ2v) is 10.8. The van der Waals surface area contributed by atoms with Gasteiger partial charge in [0.2, 0.25) is 0 Å². The van der Waals surface area contributed by atoms with Crippen LogP contribution in [0.5, 0.6) is 0 Å². The number of amidine groups is 1. The first-order valence-corrected chi connectivity index (χ1v) is 13.9. The summed E-state index contributed by atoms with van der Waals surface area (Å²) < 4.78 is 41.9. The first-order chi connectivity index (χ1) is 20.4. The summed E-state index contributed by atoms with van der Waals surface area (Å²) in [5, 5.41) is 3.20. The molecular formula is C32H32ClF3N6O. The van der Waals surface area contributed by atoms with Gasteiger partial charge in [0.1, 0.15) is 11.5 Å². The maximum Gasteiger partial charge on any atom is 0.416 e. The predicted octanol–water partition coefficient (Wildman–Crippen LogP) is 5.64. The number of piperazine rings is 1. The number of hydrogen-bond donors (Lipinski definition) is 2. The van der Waals surface area contributed by atoms with Crippen molar-refractivity contribution in [3.05, 3.63) is 106 Å². The van der Waals surface area contributed by atoms with Crippen LogP contribution in [0.25, 0.3) is 0 Å². The zero-order valence-electron chi connectivity index (χ0n) is 23.9. The van der Waals surface area contributed by atoms with Gasteiger partial charge in [-0.05, 0) is 61.4 Å². The van der Waals surface area contributed by atoms with E-state index in [1.165, 1.54) is 24.4 Å². The van der Waals surface area contributed by atoms with Crippen LogP contribution >= 0.6 is 11.6 Å². The molecule has 3 N–H and O–H groups in total. The molecule has 4 rings (SSSR count). The lowest BCUT2D eigenvalue weighted by Gasteiger charge is -2.33. The van der Waals surface area contributed by atoms with Crippen LogP contribution in [0.1, 0.15) is 39.2 Å². The minimum absolute atomic E-state index is 0.00208. The molecule has 0 atom stereocenters. The Balaban J connectivity index is 1.47. The van der Waals surface area contributed by atoms with E-state index in [2.05, 4.69) is 38.6 Å². The number of aryl methyl sites for hydroxylation is 1. The van der Waals surface area contributed by atoms with E-state index in [0.717, 1.165) is 24.7 Å². The zero-order chi connectivity index (χ0) is 31.1. The van der Waals surface area contributed by atoms with Crippen molar-refractivity contribution in [1.82, 2.24) is 14.8 Å². The van der Waals surface area contributed by atoms with E-state index in [1.807, 2.05) is 24.1 Å². The number of hydrogen-bond acceptors (Lipinski definition) is 5. The molecule has 0 bridgehead atoms. The van der Waals surface area contributed by atoms with Crippen LogP contribution in [0.4, 0.5) is 18.9 Å². The SMILES string of the molecule is C=C(C#Cc1cc(C(=O)Nc2ccc(CN3CCN(C)CC3)c(C(F)(F)F)c2)ncc1C)C(N)=N/C=C1/C=CC(Cl)=CC1. The van der Waals surface area contributed by atoms with Gasteiger partial charge in [0, 0.05) is 61.4 Å². The van der Waals surface area contributed by atoms with Gasteiger partial charge in [-0.15, -0.1) is 0 Å². The van der Waals surface area contributed by atoms with Gasteiger partial charge < -0.3 is 16.0 Å². The van der Waals surface area contributed by atoms with Crippen molar-refractivity contribution in [2.24, 2.45) is 10.7 Å². The Morgan fingerprint density at radius 3 is 2.65 bits per heavy atom. The van der Waals surface area contributed by atoms with Crippen LogP contribution in [-0.4, -0.2) is 59.8 Å². The molecule has 1 saturated heterocycles. The molecule has 1 amide bonds. The van der Waals surface area contributed by atoms with E-state index in [9.17, 15) is 18.0 Å². The highest BCUT2D eigenvalue weighted by Crippen LogP contribution is 2.34. The van der Waals surface area contributed by atoms with E-state index in [-0.39, 0.29) is 34.9 Å². The van der Waals surface area contributed by atoms with Crippen LogP contribution in [0.3, 0.4) is 0 Å². The summed E-state index contributed by atoms with van der Waals surface area (Å²) in [6.45, 7) is 8.78. The number of pyridine rings is 1. The van der Waals surface area contributed by atoms with E-state index >= 15 is 0 Å². The number of nitrogens with one attached hydrogen (secondary N) is 1. The Morgan fingerprint density at radius 2 is 1.98 bits per heavy atom. The molecule has 0 spiro atoms. The van der Waals surface area contributed by atoms with E-state index in [1.54, 1.807) is 19.2 Å². The molecule has 7 nitrogen and oxygen atoms in total. The molecule has 1 aliphatic carbocycles. The number of likely N-dealkylation sites (N-methyl/N-ethyl adjacent to an activating group) is 1. The molecule has 1 aromatic heterocycles. The highest BCUT2D eigenvalue weighted by atomic mass is 35.5. The number of carbonyl (C=O) groups is 1. The maximum absolute atomic E-state index is 14.0. The third-order valence-electron chi connectivity index (χ3n) is 7.01. The lowest BCUT2D eigenvalue weighted by atomic mass is 10.0. The van der Waals surface area contributed by atoms with Crippen molar-refractivity contribution in [3.8, 4) is 11.8 Å². The molecule has 1 aliphatic heterocycles. The summed E-state index contributed by atoms with van der Waals surface area (Å²) >= 11 is 5.92. The Kier molecular flexibility index (Phi) is 10.2. The number of nitrogens with zero attached hydrogens (tertiary/aromatic N) is 4. The quantitative estimate of drug-likeness (QED) is 0.252. The number of benzene rings is 1. The Bertz CT molecular complexity index is 1590. The van der Waals surface area contributed by atoms with Gasteiger partial charge >= 0.3 is 6.18 Å². The van der Waals surface area contributed by atoms with Gasteiger partial charge in [-0.1, -0.05) is 48.2 Å². The lowest BCUT2D eigenvalue weighted by molar-refractivity contribution is -0.138. The Morgan fingerprint density at radius 1 is 1.23 bits per heavy atom. The molecule has 43 heavy (non-hydrogen) atoms. The average Bonchev–Trinajstić information content (AvgIpc) is 2.97. The zero-order valence-corrected chi connectivity index (χ0v) is 24.7. The van der Waals surface area contributed by atoms with Gasteiger partial charge in [-0.3, -0.25) is 14.7 Å². The van der Waals surface area contributed by atoms with Gasteiger partial charge in [0.15, 0.2) is 0 Å². The normalized spacial score (nSPS) is 17.3. The number of nitrogens with two attached hydrogens (primary N) is 1. The van der Waals surface area contributed by atoms with Crippen LogP contribution in [0.2, 0.25) is 0 Å². The summed E-state index contributed by atoms with van der Waals surface area (Å²) in [6, 6.07) is 5.33. The van der Waals surface area contributed by atoms with Gasteiger partial charge in [-0.25, -0.2) is 4.99 Å². The molecule has 0 radical (unpaired) electrons. The van der Waals surface area contributed by atoms with Crippen LogP contribution in [0.15, 0.2) is 82.6 Å². The van der Waals surface area contributed by atoms with Gasteiger partial charge in [-0.2, -0.15) is 13.2 Å². The van der Waals surface area contributed by atoms with Crippen LogP contribution < -0.4 is 11.1 Å². The largest absolute Gasteiger partial charge is 0.416 e. The van der Waals surface area contributed by atoms with Crippen molar-refractivity contribution in [1.29, 1.82) is 0 Å². The number of rotatable bonds is 6. The average molecular weight is 609 g/mol.